The van der Waals surface area contributed by atoms with Crippen molar-refractivity contribution in [1.29, 1.82) is 0 Å². The first-order valence-corrected chi connectivity index (χ1v) is 7.16. The van der Waals surface area contributed by atoms with Gasteiger partial charge in [0.15, 0.2) is 5.84 Å². The van der Waals surface area contributed by atoms with Gasteiger partial charge in [-0.05, 0) is 18.6 Å². The van der Waals surface area contributed by atoms with E-state index in [2.05, 4.69) is 10.1 Å². The summed E-state index contributed by atoms with van der Waals surface area (Å²) in [6.45, 7) is 0.648. The zero-order chi connectivity index (χ0) is 15.4. The van der Waals surface area contributed by atoms with Gasteiger partial charge < -0.3 is 15.8 Å². The van der Waals surface area contributed by atoms with Gasteiger partial charge in [-0.15, -0.1) is 0 Å². The lowest BCUT2D eigenvalue weighted by Gasteiger charge is -2.39. The van der Waals surface area contributed by atoms with E-state index in [0.29, 0.717) is 28.5 Å². The molecule has 3 N–H and O–H groups in total. The fourth-order valence-corrected chi connectivity index (χ4v) is 3.35. The van der Waals surface area contributed by atoms with E-state index in [9.17, 15) is 4.79 Å². The summed E-state index contributed by atoms with van der Waals surface area (Å²) in [5, 5.41) is 12.4. The highest BCUT2D eigenvalue weighted by atomic mass is 35.5. The van der Waals surface area contributed by atoms with Crippen molar-refractivity contribution >= 4 is 23.3 Å². The number of oxime groups is 1. The quantitative estimate of drug-likeness (QED) is 0.361. The van der Waals surface area contributed by atoms with Crippen LogP contribution in [0.15, 0.2) is 29.7 Å². The summed E-state index contributed by atoms with van der Waals surface area (Å²) < 4.78 is 1.80. The predicted molar refractivity (Wildman–Crippen MR) is 79.5 cm³/mol. The Morgan fingerprint density at radius 1 is 1.50 bits per heavy atom. The van der Waals surface area contributed by atoms with Gasteiger partial charge in [-0.1, -0.05) is 22.8 Å². The number of amidine groups is 1. The molecule has 1 aromatic carbocycles. The Kier molecular flexibility index (Phi) is 2.67. The minimum Gasteiger partial charge on any atom is -0.409 e. The third-order valence-corrected chi connectivity index (χ3v) is 4.53. The van der Waals surface area contributed by atoms with Crippen molar-refractivity contribution in [3.63, 3.8) is 0 Å². The number of halogens is 1. The molecule has 8 heteroatoms. The van der Waals surface area contributed by atoms with Crippen LogP contribution in [0.25, 0.3) is 5.69 Å². The van der Waals surface area contributed by atoms with Crippen LogP contribution in [-0.2, 0) is 0 Å². The molecule has 7 nitrogen and oxygen atoms in total. The molecule has 0 radical (unpaired) electrons. The zero-order valence-electron chi connectivity index (χ0n) is 11.4. The van der Waals surface area contributed by atoms with Crippen molar-refractivity contribution in [2.45, 2.75) is 12.5 Å². The van der Waals surface area contributed by atoms with Gasteiger partial charge >= 0.3 is 0 Å². The standard InChI is InChI=1S/C14H12ClN5O2/c15-7-2-1-3-8-10(7)14(21)19-5-4-9(19)12-11(13(16)18-22)17-6-20(8)12/h1-3,6,9,22H,4-5H2,(H2,16,18)/t9-/m0/s1. The molecule has 3 heterocycles. The van der Waals surface area contributed by atoms with Gasteiger partial charge in [0.05, 0.1) is 28.0 Å². The second-order valence-electron chi connectivity index (χ2n) is 5.27. The Hall–Kier alpha value is -2.54. The number of nitrogens with two attached hydrogens (primary N) is 1. The molecular weight excluding hydrogens is 306 g/mol. The van der Waals surface area contributed by atoms with Crippen molar-refractivity contribution in [3.8, 4) is 5.69 Å². The number of fused-ring (bicyclic) bond motifs is 5. The van der Waals surface area contributed by atoms with Gasteiger partial charge in [-0.3, -0.25) is 9.36 Å². The number of nitrogens with zero attached hydrogens (tertiary/aromatic N) is 4. The summed E-state index contributed by atoms with van der Waals surface area (Å²) >= 11 is 6.24. The molecule has 2 aromatic rings. The lowest BCUT2D eigenvalue weighted by molar-refractivity contribution is 0.0460. The van der Waals surface area contributed by atoms with Crippen LogP contribution < -0.4 is 5.73 Å². The predicted octanol–water partition coefficient (Wildman–Crippen LogP) is 1.52. The summed E-state index contributed by atoms with van der Waals surface area (Å²) in [5.41, 5.74) is 7.97. The molecule has 0 unspecified atom stereocenters. The molecule has 0 spiro atoms. The maximum Gasteiger partial charge on any atom is 0.258 e. The lowest BCUT2D eigenvalue weighted by Crippen LogP contribution is -2.45. The highest BCUT2D eigenvalue weighted by Gasteiger charge is 2.42. The lowest BCUT2D eigenvalue weighted by atomic mass is 9.97. The van der Waals surface area contributed by atoms with E-state index in [-0.39, 0.29) is 17.8 Å². The number of aromatic nitrogens is 2. The molecule has 0 bridgehead atoms. The minimum atomic E-state index is -0.145. The highest BCUT2D eigenvalue weighted by molar-refractivity contribution is 6.34. The molecule has 1 atom stereocenters. The number of hydrogen-bond acceptors (Lipinski definition) is 4. The van der Waals surface area contributed by atoms with Gasteiger partial charge in [-0.25, -0.2) is 4.98 Å². The molecule has 1 aromatic heterocycles. The summed E-state index contributed by atoms with van der Waals surface area (Å²) in [6.07, 6.45) is 2.38. The zero-order valence-corrected chi connectivity index (χ0v) is 12.2. The van der Waals surface area contributed by atoms with E-state index in [0.717, 1.165) is 12.1 Å². The third kappa shape index (κ3) is 1.54. The number of amides is 1. The monoisotopic (exact) mass is 317 g/mol. The maximum absolute atomic E-state index is 12.7. The summed E-state index contributed by atoms with van der Waals surface area (Å²) in [5.74, 6) is -0.176. The largest absolute Gasteiger partial charge is 0.409 e. The Bertz CT molecular complexity index is 829. The van der Waals surface area contributed by atoms with E-state index >= 15 is 0 Å². The summed E-state index contributed by atoms with van der Waals surface area (Å²) in [4.78, 5) is 18.7. The molecule has 2 aliphatic heterocycles. The van der Waals surface area contributed by atoms with Crippen LogP contribution in [0.4, 0.5) is 0 Å². The van der Waals surface area contributed by atoms with E-state index in [1.165, 1.54) is 0 Å². The van der Waals surface area contributed by atoms with Crippen LogP contribution in [-0.4, -0.2) is 37.9 Å². The molecule has 1 amide bonds. The van der Waals surface area contributed by atoms with Crippen LogP contribution in [0.2, 0.25) is 5.02 Å². The normalized spacial score (nSPS) is 19.9. The van der Waals surface area contributed by atoms with Crippen molar-refractivity contribution in [1.82, 2.24) is 14.5 Å². The minimum absolute atomic E-state index is 0.0708. The van der Waals surface area contributed by atoms with Crippen LogP contribution in [0.5, 0.6) is 0 Å². The SMILES string of the molecule is NC(=NO)c1ncn2c1[C@@H]1CCN1C(=O)c1c(Cl)cccc1-2. The summed E-state index contributed by atoms with van der Waals surface area (Å²) in [6, 6.07) is 5.14. The Morgan fingerprint density at radius 2 is 2.32 bits per heavy atom. The first-order chi connectivity index (χ1) is 10.6. The summed E-state index contributed by atoms with van der Waals surface area (Å²) in [7, 11) is 0. The first-order valence-electron chi connectivity index (χ1n) is 6.78. The number of carbonyl (C=O) groups is 1. The maximum atomic E-state index is 12.7. The number of carbonyl (C=O) groups excluding carboxylic acids is 1. The second kappa shape index (κ2) is 4.48. The van der Waals surface area contributed by atoms with Crippen molar-refractivity contribution < 1.29 is 10.0 Å². The van der Waals surface area contributed by atoms with Crippen molar-refractivity contribution in [3.05, 3.63) is 46.5 Å². The van der Waals surface area contributed by atoms with Gasteiger partial charge in [0, 0.05) is 6.54 Å². The average Bonchev–Trinajstić information content (AvgIpc) is 2.86. The first kappa shape index (κ1) is 13.1. The Morgan fingerprint density at radius 3 is 3.00 bits per heavy atom. The van der Waals surface area contributed by atoms with Crippen LogP contribution in [0, 0.1) is 0 Å². The third-order valence-electron chi connectivity index (χ3n) is 4.22. The van der Waals surface area contributed by atoms with Crippen molar-refractivity contribution in [2.75, 3.05) is 6.54 Å². The van der Waals surface area contributed by atoms with E-state index in [1.807, 2.05) is 6.07 Å². The van der Waals surface area contributed by atoms with E-state index < -0.39 is 0 Å². The number of rotatable bonds is 1. The van der Waals surface area contributed by atoms with Gasteiger partial charge in [0.2, 0.25) is 0 Å². The number of imidazole rings is 1. The van der Waals surface area contributed by atoms with Gasteiger partial charge in [-0.2, -0.15) is 0 Å². The van der Waals surface area contributed by atoms with Gasteiger partial charge in [0.1, 0.15) is 12.0 Å². The molecule has 0 aliphatic carbocycles. The van der Waals surface area contributed by atoms with E-state index in [4.69, 9.17) is 22.5 Å². The number of hydrogen-bond donors (Lipinski definition) is 2. The average molecular weight is 318 g/mol. The molecule has 1 fully saturated rings. The highest BCUT2D eigenvalue weighted by Crippen LogP contribution is 2.42. The molecular formula is C14H12ClN5O2. The van der Waals surface area contributed by atoms with Gasteiger partial charge in [0.25, 0.3) is 5.91 Å². The fourth-order valence-electron chi connectivity index (χ4n) is 3.10. The molecule has 22 heavy (non-hydrogen) atoms. The van der Waals surface area contributed by atoms with Crippen molar-refractivity contribution in [2.24, 2.45) is 10.9 Å². The number of benzene rings is 1. The van der Waals surface area contributed by atoms with Crippen LogP contribution in [0.3, 0.4) is 0 Å². The van der Waals surface area contributed by atoms with Crippen LogP contribution >= 0.6 is 11.6 Å². The second-order valence-corrected chi connectivity index (χ2v) is 5.68. The fraction of sp³-hybridized carbons (Fsp3) is 0.214. The molecule has 112 valence electrons. The smallest absolute Gasteiger partial charge is 0.258 e. The molecule has 0 saturated carbocycles. The molecule has 1 saturated heterocycles. The Balaban J connectivity index is 2.05. The molecule has 4 rings (SSSR count). The Labute approximate surface area is 130 Å². The van der Waals surface area contributed by atoms with Crippen LogP contribution in [0.1, 0.15) is 34.2 Å². The topological polar surface area (TPSA) is 96.7 Å². The van der Waals surface area contributed by atoms with E-state index in [1.54, 1.807) is 27.9 Å². The molecule has 2 aliphatic rings.